The van der Waals surface area contributed by atoms with Gasteiger partial charge < -0.3 is 10.2 Å². The minimum Gasteiger partial charge on any atom is -0.343 e. The molecule has 1 saturated heterocycles. The molecule has 21 heavy (non-hydrogen) atoms. The average molecular weight is 292 g/mol. The quantitative estimate of drug-likeness (QED) is 0.859. The van der Waals surface area contributed by atoms with Gasteiger partial charge in [-0.2, -0.15) is 5.10 Å². The zero-order valence-electron chi connectivity index (χ0n) is 13.0. The number of hydrogen-bond acceptors (Lipinski definition) is 3. The number of hydrogen-bond donors (Lipinski definition) is 1. The first-order valence-corrected chi connectivity index (χ1v) is 7.72. The molecule has 2 heterocycles. The van der Waals surface area contributed by atoms with Crippen molar-refractivity contribution in [3.05, 3.63) is 18.0 Å². The van der Waals surface area contributed by atoms with Crippen LogP contribution in [0.15, 0.2) is 12.4 Å². The lowest BCUT2D eigenvalue weighted by Crippen LogP contribution is -2.62. The fourth-order valence-electron chi connectivity index (χ4n) is 2.71. The molecule has 0 bridgehead atoms. The molecule has 0 spiro atoms. The molecule has 1 aliphatic heterocycles. The zero-order chi connectivity index (χ0) is 15.4. The highest BCUT2D eigenvalue weighted by Gasteiger charge is 2.39. The Morgan fingerprint density at radius 3 is 2.62 bits per heavy atom. The summed E-state index contributed by atoms with van der Waals surface area (Å²) in [6, 6.07) is -0.762. The average Bonchev–Trinajstić information content (AvgIpc) is 2.94. The Balaban J connectivity index is 2.20. The second kappa shape index (κ2) is 6.74. The largest absolute Gasteiger partial charge is 0.343 e. The fraction of sp³-hybridized carbons (Fsp3) is 0.667. The van der Waals surface area contributed by atoms with Gasteiger partial charge in [-0.25, -0.2) is 0 Å². The van der Waals surface area contributed by atoms with Gasteiger partial charge in [0.2, 0.25) is 11.8 Å². The second-order valence-electron chi connectivity index (χ2n) is 5.44. The summed E-state index contributed by atoms with van der Waals surface area (Å²) >= 11 is 0. The molecule has 0 radical (unpaired) electrons. The molecular formula is C15H24N4O2. The van der Waals surface area contributed by atoms with Crippen LogP contribution in [0.5, 0.6) is 0 Å². The topological polar surface area (TPSA) is 67.2 Å². The molecule has 6 heteroatoms. The van der Waals surface area contributed by atoms with Crippen LogP contribution in [-0.2, 0) is 22.7 Å². The highest BCUT2D eigenvalue weighted by molar-refractivity contribution is 5.96. The monoisotopic (exact) mass is 292 g/mol. The summed E-state index contributed by atoms with van der Waals surface area (Å²) in [5, 5.41) is 7.06. The van der Waals surface area contributed by atoms with Gasteiger partial charge in [0.25, 0.3) is 0 Å². The minimum absolute atomic E-state index is 0.0137. The molecular weight excluding hydrogens is 268 g/mol. The van der Waals surface area contributed by atoms with E-state index in [9.17, 15) is 9.59 Å². The molecule has 1 fully saturated rings. The first kappa shape index (κ1) is 15.5. The van der Waals surface area contributed by atoms with Crippen molar-refractivity contribution in [1.82, 2.24) is 20.0 Å². The summed E-state index contributed by atoms with van der Waals surface area (Å²) in [7, 11) is 0. The van der Waals surface area contributed by atoms with Gasteiger partial charge in [0.1, 0.15) is 12.1 Å². The molecule has 2 amide bonds. The molecule has 1 aromatic heterocycles. The van der Waals surface area contributed by atoms with Crippen molar-refractivity contribution in [1.29, 1.82) is 0 Å². The molecule has 2 rings (SSSR count). The van der Waals surface area contributed by atoms with Crippen LogP contribution in [-0.4, -0.2) is 38.6 Å². The molecule has 0 aliphatic carbocycles. The second-order valence-corrected chi connectivity index (χ2v) is 5.44. The molecule has 6 nitrogen and oxygen atoms in total. The molecule has 1 aromatic rings. The van der Waals surface area contributed by atoms with Crippen molar-refractivity contribution in [2.45, 2.75) is 65.2 Å². The predicted molar refractivity (Wildman–Crippen MR) is 79.4 cm³/mol. The van der Waals surface area contributed by atoms with Crippen LogP contribution in [0.25, 0.3) is 0 Å². The maximum absolute atomic E-state index is 12.6. The van der Waals surface area contributed by atoms with E-state index >= 15 is 0 Å². The van der Waals surface area contributed by atoms with Gasteiger partial charge in [0.15, 0.2) is 0 Å². The van der Waals surface area contributed by atoms with Gasteiger partial charge in [0.05, 0.1) is 6.20 Å². The van der Waals surface area contributed by atoms with Crippen LogP contribution >= 0.6 is 0 Å². The number of carbonyl (C=O) groups excluding carboxylic acids is 2. The van der Waals surface area contributed by atoms with E-state index in [0.717, 1.165) is 18.5 Å². The van der Waals surface area contributed by atoms with Gasteiger partial charge in [-0.3, -0.25) is 14.3 Å². The third-order valence-electron chi connectivity index (χ3n) is 3.91. The van der Waals surface area contributed by atoms with Crippen molar-refractivity contribution in [2.75, 3.05) is 0 Å². The number of nitrogens with zero attached hydrogens (tertiary/aromatic N) is 3. The van der Waals surface area contributed by atoms with Crippen LogP contribution < -0.4 is 5.32 Å². The van der Waals surface area contributed by atoms with Crippen molar-refractivity contribution >= 4 is 11.8 Å². The van der Waals surface area contributed by atoms with E-state index in [1.807, 2.05) is 31.6 Å². The van der Waals surface area contributed by atoms with E-state index in [0.29, 0.717) is 19.4 Å². The maximum atomic E-state index is 12.6. The predicted octanol–water partition coefficient (Wildman–Crippen LogP) is 1.31. The number of carbonyl (C=O) groups is 2. The smallest absolute Gasteiger partial charge is 0.246 e. The van der Waals surface area contributed by atoms with Gasteiger partial charge >= 0.3 is 0 Å². The summed E-state index contributed by atoms with van der Waals surface area (Å²) in [6.45, 7) is 7.20. The van der Waals surface area contributed by atoms with Gasteiger partial charge in [-0.1, -0.05) is 20.3 Å². The number of piperazine rings is 1. The van der Waals surface area contributed by atoms with Crippen LogP contribution in [0, 0.1) is 0 Å². The lowest BCUT2D eigenvalue weighted by molar-refractivity contribution is -0.150. The lowest BCUT2D eigenvalue weighted by atomic mass is 10.0. The number of aromatic nitrogens is 2. The summed E-state index contributed by atoms with van der Waals surface area (Å²) in [5.74, 6) is -0.0222. The zero-order valence-corrected chi connectivity index (χ0v) is 13.0. The van der Waals surface area contributed by atoms with E-state index in [2.05, 4.69) is 10.4 Å². The third kappa shape index (κ3) is 3.25. The molecule has 116 valence electrons. The first-order valence-electron chi connectivity index (χ1n) is 7.72. The van der Waals surface area contributed by atoms with Gasteiger partial charge in [0, 0.05) is 24.8 Å². The van der Waals surface area contributed by atoms with E-state index in [-0.39, 0.29) is 17.9 Å². The van der Waals surface area contributed by atoms with Crippen molar-refractivity contribution in [3.8, 4) is 0 Å². The SMILES string of the molecule is CCCC1C(=O)NC(CC)C(=O)N1Cc1cnn(CC)c1. The summed E-state index contributed by atoms with van der Waals surface area (Å²) in [6.07, 6.45) is 5.88. The fourth-order valence-corrected chi connectivity index (χ4v) is 2.71. The summed E-state index contributed by atoms with van der Waals surface area (Å²) in [5.41, 5.74) is 0.968. The Labute approximate surface area is 125 Å². The normalized spacial score (nSPS) is 22.5. The molecule has 2 unspecified atom stereocenters. The third-order valence-corrected chi connectivity index (χ3v) is 3.91. The summed E-state index contributed by atoms with van der Waals surface area (Å²) < 4.78 is 1.83. The lowest BCUT2D eigenvalue weighted by Gasteiger charge is -2.38. The van der Waals surface area contributed by atoms with Crippen LogP contribution in [0.3, 0.4) is 0 Å². The highest BCUT2D eigenvalue weighted by Crippen LogP contribution is 2.19. The number of amides is 2. The standard InChI is InChI=1S/C15H24N4O2/c1-4-7-13-14(20)17-12(5-2)15(21)19(13)10-11-8-16-18(6-3)9-11/h8-9,12-13H,4-7,10H2,1-3H3,(H,17,20). The van der Waals surface area contributed by atoms with E-state index in [1.165, 1.54) is 0 Å². The van der Waals surface area contributed by atoms with Crippen molar-refractivity contribution < 1.29 is 9.59 Å². The molecule has 2 atom stereocenters. The van der Waals surface area contributed by atoms with E-state index in [4.69, 9.17) is 0 Å². The van der Waals surface area contributed by atoms with E-state index in [1.54, 1.807) is 11.1 Å². The Kier molecular flexibility index (Phi) is 4.98. The van der Waals surface area contributed by atoms with Crippen LogP contribution in [0.4, 0.5) is 0 Å². The Hall–Kier alpha value is -1.85. The van der Waals surface area contributed by atoms with Gasteiger partial charge in [-0.05, 0) is 19.8 Å². The molecule has 0 aromatic carbocycles. The molecule has 1 N–H and O–H groups in total. The first-order chi connectivity index (χ1) is 10.1. The van der Waals surface area contributed by atoms with Crippen molar-refractivity contribution in [2.24, 2.45) is 0 Å². The van der Waals surface area contributed by atoms with Crippen molar-refractivity contribution in [3.63, 3.8) is 0 Å². The Morgan fingerprint density at radius 2 is 2.05 bits per heavy atom. The van der Waals surface area contributed by atoms with Crippen LogP contribution in [0.2, 0.25) is 0 Å². The Morgan fingerprint density at radius 1 is 1.29 bits per heavy atom. The molecule has 0 saturated carbocycles. The highest BCUT2D eigenvalue weighted by atomic mass is 16.2. The molecule has 1 aliphatic rings. The Bertz CT molecular complexity index is 512. The van der Waals surface area contributed by atoms with Gasteiger partial charge in [-0.15, -0.1) is 0 Å². The number of nitrogens with one attached hydrogen (secondary N) is 1. The number of aryl methyl sites for hydroxylation is 1. The minimum atomic E-state index is -0.396. The number of rotatable bonds is 6. The van der Waals surface area contributed by atoms with E-state index < -0.39 is 6.04 Å². The maximum Gasteiger partial charge on any atom is 0.246 e. The summed E-state index contributed by atoms with van der Waals surface area (Å²) in [4.78, 5) is 26.5. The van der Waals surface area contributed by atoms with Crippen LogP contribution in [0.1, 0.15) is 45.6 Å².